The van der Waals surface area contributed by atoms with Crippen molar-refractivity contribution in [3.63, 3.8) is 0 Å². The fraction of sp³-hybridized carbons (Fsp3) is 0.909. The average molecular weight is 383 g/mol. The maximum atomic E-state index is 10.4. The van der Waals surface area contributed by atoms with Crippen molar-refractivity contribution in [2.75, 3.05) is 6.61 Å². The van der Waals surface area contributed by atoms with E-state index in [9.17, 15) is 10.2 Å². The summed E-state index contributed by atoms with van der Waals surface area (Å²) in [5.41, 5.74) is 0. The van der Waals surface area contributed by atoms with E-state index in [-0.39, 0.29) is 36.4 Å². The van der Waals surface area contributed by atoms with E-state index in [1.54, 1.807) is 0 Å². The zero-order chi connectivity index (χ0) is 19.1. The molecule has 0 amide bonds. The zero-order valence-corrected chi connectivity index (χ0v) is 16.8. The van der Waals surface area contributed by atoms with Crippen molar-refractivity contribution in [1.82, 2.24) is 0 Å². The number of hydrogen-bond donors (Lipinski definition) is 2. The number of unbranched alkanes of at least 4 members (excludes halogenated alkanes) is 4. The Bertz CT molecular complexity index is 448. The Hall–Kier alpha value is -0.460. The predicted molar refractivity (Wildman–Crippen MR) is 104 cm³/mol. The van der Waals surface area contributed by atoms with Gasteiger partial charge in [0.2, 0.25) is 0 Å². The summed E-state index contributed by atoms with van der Waals surface area (Å²) < 4.78 is 17.6. The summed E-state index contributed by atoms with van der Waals surface area (Å²) >= 11 is 0. The second-order valence-corrected chi connectivity index (χ2v) is 8.47. The first-order valence-corrected chi connectivity index (χ1v) is 11.1. The summed E-state index contributed by atoms with van der Waals surface area (Å²) in [5, 5.41) is 20.2. The molecule has 2 unspecified atom stereocenters. The molecule has 2 saturated heterocycles. The number of hydrogen-bond acceptors (Lipinski definition) is 5. The third-order valence-corrected chi connectivity index (χ3v) is 6.30. The molecule has 0 radical (unpaired) electrons. The van der Waals surface area contributed by atoms with Gasteiger partial charge in [0, 0.05) is 25.4 Å². The molecule has 0 bridgehead atoms. The predicted octanol–water partition coefficient (Wildman–Crippen LogP) is 3.92. The molecule has 156 valence electrons. The number of aliphatic hydroxyl groups excluding tert-OH is 2. The monoisotopic (exact) mass is 382 g/mol. The second kappa shape index (κ2) is 10.9. The van der Waals surface area contributed by atoms with Gasteiger partial charge in [-0.2, -0.15) is 0 Å². The molecular formula is C22H38O5. The maximum Gasteiger partial charge on any atom is 0.158 e. The van der Waals surface area contributed by atoms with Crippen LogP contribution >= 0.6 is 0 Å². The van der Waals surface area contributed by atoms with E-state index in [0.717, 1.165) is 38.7 Å². The van der Waals surface area contributed by atoms with Crippen molar-refractivity contribution in [2.45, 2.75) is 108 Å². The molecule has 0 aromatic carbocycles. The first kappa shape index (κ1) is 21.3. The molecule has 3 aliphatic rings. The molecule has 3 rings (SSSR count). The van der Waals surface area contributed by atoms with E-state index in [1.165, 1.54) is 25.7 Å². The van der Waals surface area contributed by atoms with Gasteiger partial charge in [0.1, 0.15) is 0 Å². The van der Waals surface area contributed by atoms with Crippen LogP contribution in [0.1, 0.15) is 77.6 Å². The van der Waals surface area contributed by atoms with Crippen LogP contribution in [0.15, 0.2) is 12.2 Å². The summed E-state index contributed by atoms with van der Waals surface area (Å²) in [6.07, 6.45) is 14.8. The maximum absolute atomic E-state index is 10.4. The van der Waals surface area contributed by atoms with Crippen LogP contribution in [-0.2, 0) is 14.2 Å². The SMILES string of the molecule is CCCCCCC[C@H](C=C[C@@H]1[C@H]2CC(O)O[C@H]2C[C@H]1O)OC1CCCCO1. The Morgan fingerprint density at radius 1 is 1.11 bits per heavy atom. The van der Waals surface area contributed by atoms with Crippen LogP contribution in [0.25, 0.3) is 0 Å². The Balaban J connectivity index is 1.54. The van der Waals surface area contributed by atoms with E-state index < -0.39 is 6.29 Å². The minimum absolute atomic E-state index is 0.0141. The lowest BCUT2D eigenvalue weighted by atomic mass is 9.91. The van der Waals surface area contributed by atoms with Crippen LogP contribution in [0.2, 0.25) is 0 Å². The van der Waals surface area contributed by atoms with Gasteiger partial charge < -0.3 is 24.4 Å². The minimum atomic E-state index is -0.676. The van der Waals surface area contributed by atoms with E-state index in [2.05, 4.69) is 19.1 Å². The first-order chi connectivity index (χ1) is 13.2. The quantitative estimate of drug-likeness (QED) is 0.443. The Morgan fingerprint density at radius 2 is 1.96 bits per heavy atom. The van der Waals surface area contributed by atoms with Crippen molar-refractivity contribution >= 4 is 0 Å². The lowest BCUT2D eigenvalue weighted by molar-refractivity contribution is -0.179. The molecule has 1 aliphatic carbocycles. The van der Waals surface area contributed by atoms with E-state index >= 15 is 0 Å². The Morgan fingerprint density at radius 3 is 2.74 bits per heavy atom. The van der Waals surface area contributed by atoms with E-state index in [0.29, 0.717) is 12.8 Å². The van der Waals surface area contributed by atoms with E-state index in [4.69, 9.17) is 14.2 Å². The summed E-state index contributed by atoms with van der Waals surface area (Å²) in [6.45, 7) is 3.02. The van der Waals surface area contributed by atoms with Crippen molar-refractivity contribution in [3.8, 4) is 0 Å². The molecule has 2 N–H and O–H groups in total. The lowest BCUT2D eigenvalue weighted by Crippen LogP contribution is -2.27. The van der Waals surface area contributed by atoms with Gasteiger partial charge in [-0.1, -0.05) is 51.2 Å². The third-order valence-electron chi connectivity index (χ3n) is 6.30. The Kier molecular flexibility index (Phi) is 8.59. The van der Waals surface area contributed by atoms with Gasteiger partial charge in [-0.15, -0.1) is 0 Å². The highest BCUT2D eigenvalue weighted by Gasteiger charge is 2.47. The van der Waals surface area contributed by atoms with Crippen LogP contribution < -0.4 is 0 Å². The normalized spacial score (nSPS) is 37.7. The smallest absolute Gasteiger partial charge is 0.158 e. The van der Waals surface area contributed by atoms with Gasteiger partial charge in [0.05, 0.1) is 18.3 Å². The van der Waals surface area contributed by atoms with Crippen molar-refractivity contribution < 1.29 is 24.4 Å². The molecule has 3 fully saturated rings. The van der Waals surface area contributed by atoms with Gasteiger partial charge in [0.15, 0.2) is 12.6 Å². The molecule has 0 aromatic rings. The van der Waals surface area contributed by atoms with Gasteiger partial charge in [-0.3, -0.25) is 0 Å². The number of rotatable bonds is 10. The van der Waals surface area contributed by atoms with Crippen LogP contribution in [0, 0.1) is 11.8 Å². The molecule has 27 heavy (non-hydrogen) atoms. The summed E-state index contributed by atoms with van der Waals surface area (Å²) in [5.74, 6) is 0.257. The molecule has 0 aromatic heterocycles. The van der Waals surface area contributed by atoms with Gasteiger partial charge >= 0.3 is 0 Å². The average Bonchev–Trinajstić information content (AvgIpc) is 3.15. The number of aliphatic hydroxyl groups is 2. The largest absolute Gasteiger partial charge is 0.392 e. The van der Waals surface area contributed by atoms with Gasteiger partial charge in [-0.25, -0.2) is 0 Å². The molecule has 7 atom stereocenters. The fourth-order valence-corrected chi connectivity index (χ4v) is 4.75. The number of ether oxygens (including phenoxy) is 3. The summed E-state index contributed by atoms with van der Waals surface area (Å²) in [4.78, 5) is 0. The highest BCUT2D eigenvalue weighted by atomic mass is 16.7. The van der Waals surface area contributed by atoms with Gasteiger partial charge in [-0.05, 0) is 31.6 Å². The molecule has 5 nitrogen and oxygen atoms in total. The third kappa shape index (κ3) is 6.26. The Labute approximate surface area is 164 Å². The van der Waals surface area contributed by atoms with Crippen molar-refractivity contribution in [2.24, 2.45) is 11.8 Å². The molecule has 1 saturated carbocycles. The highest BCUT2D eigenvalue weighted by molar-refractivity contribution is 5.06. The lowest BCUT2D eigenvalue weighted by Gasteiger charge is -2.27. The van der Waals surface area contributed by atoms with Crippen molar-refractivity contribution in [3.05, 3.63) is 12.2 Å². The van der Waals surface area contributed by atoms with Crippen LogP contribution in [0.4, 0.5) is 0 Å². The second-order valence-electron chi connectivity index (χ2n) is 8.47. The van der Waals surface area contributed by atoms with Crippen LogP contribution in [0.5, 0.6) is 0 Å². The zero-order valence-electron chi connectivity index (χ0n) is 16.8. The van der Waals surface area contributed by atoms with Crippen molar-refractivity contribution in [1.29, 1.82) is 0 Å². The summed E-state index contributed by atoms with van der Waals surface area (Å²) in [7, 11) is 0. The van der Waals surface area contributed by atoms with Crippen LogP contribution in [0.3, 0.4) is 0 Å². The van der Waals surface area contributed by atoms with Crippen LogP contribution in [-0.4, -0.2) is 47.7 Å². The molecule has 5 heteroatoms. The summed E-state index contributed by atoms with van der Waals surface area (Å²) in [6, 6.07) is 0. The standard InChI is InChI=1S/C22H38O5/c1-2-3-4-5-6-9-16(26-22-10-7-8-13-25-22)11-12-17-18-14-21(24)27-20(18)15-19(17)23/h11-12,16-24H,2-10,13-15H2,1H3/t16-,17-,18-,19-,20+,21?,22?/m1/s1. The topological polar surface area (TPSA) is 68.2 Å². The fourth-order valence-electron chi connectivity index (χ4n) is 4.75. The molecular weight excluding hydrogens is 344 g/mol. The minimum Gasteiger partial charge on any atom is -0.392 e. The highest BCUT2D eigenvalue weighted by Crippen LogP contribution is 2.43. The van der Waals surface area contributed by atoms with E-state index in [1.807, 2.05) is 0 Å². The first-order valence-electron chi connectivity index (χ1n) is 11.1. The number of fused-ring (bicyclic) bond motifs is 1. The van der Waals surface area contributed by atoms with Gasteiger partial charge in [0.25, 0.3) is 0 Å². The molecule has 2 heterocycles. The molecule has 2 aliphatic heterocycles. The molecule has 0 spiro atoms.